The third-order valence-corrected chi connectivity index (χ3v) is 5.42. The van der Waals surface area contributed by atoms with Gasteiger partial charge in [-0.15, -0.1) is 0 Å². The summed E-state index contributed by atoms with van der Waals surface area (Å²) in [5.41, 5.74) is 0. The minimum atomic E-state index is 0.404. The summed E-state index contributed by atoms with van der Waals surface area (Å²) < 4.78 is 0. The van der Waals surface area contributed by atoms with Crippen molar-refractivity contribution in [3.05, 3.63) is 12.2 Å². The molecule has 0 heterocycles. The summed E-state index contributed by atoms with van der Waals surface area (Å²) in [6.45, 7) is 4.45. The Balaban J connectivity index is 3.16. The zero-order chi connectivity index (χ0) is 17.7. The summed E-state index contributed by atoms with van der Waals surface area (Å²) in [5.74, 6) is 1.01. The molecule has 0 rings (SSSR count). The van der Waals surface area contributed by atoms with E-state index < -0.39 is 0 Å². The fourth-order valence-electron chi connectivity index (χ4n) is 2.74. The molecule has 0 N–H and O–H groups in total. The monoisotopic (exact) mass is 354 g/mol. The maximum absolute atomic E-state index is 11.6. The van der Waals surface area contributed by atoms with Crippen molar-refractivity contribution in [2.24, 2.45) is 0 Å². The number of unbranched alkanes of at least 4 members (excludes halogenated alkanes) is 12. The second-order valence-electron chi connectivity index (χ2n) is 6.91. The summed E-state index contributed by atoms with van der Waals surface area (Å²) >= 11 is 1.54. The Labute approximate surface area is 156 Å². The summed E-state index contributed by atoms with van der Waals surface area (Å²) in [4.78, 5) is 11.6. The molecule has 0 aliphatic heterocycles. The standard InChI is InChI=1S/C22H42OS/c1-3-5-7-8-9-10-11-12-13-14-15-16-17-18-19-20-22(23)24-21-6-4-2/h12-13H,3-11,14-21H2,1-2H3. The fourth-order valence-corrected chi connectivity index (χ4v) is 3.69. The predicted octanol–water partition coefficient (Wildman–Crippen LogP) is 8.08. The van der Waals surface area contributed by atoms with Crippen LogP contribution >= 0.6 is 11.8 Å². The van der Waals surface area contributed by atoms with Gasteiger partial charge in [-0.2, -0.15) is 0 Å². The Hall–Kier alpha value is -0.240. The molecule has 0 bridgehead atoms. The number of allylic oxidation sites excluding steroid dienone is 2. The third kappa shape index (κ3) is 19.8. The van der Waals surface area contributed by atoms with E-state index in [1.807, 2.05) is 0 Å². The first-order chi connectivity index (χ1) is 11.8. The molecule has 0 amide bonds. The van der Waals surface area contributed by atoms with Crippen LogP contribution < -0.4 is 0 Å². The third-order valence-electron chi connectivity index (χ3n) is 4.40. The van der Waals surface area contributed by atoms with Gasteiger partial charge in [0.15, 0.2) is 5.12 Å². The van der Waals surface area contributed by atoms with Crippen LogP contribution in [0.4, 0.5) is 0 Å². The van der Waals surface area contributed by atoms with Gasteiger partial charge in [-0.1, -0.05) is 95.5 Å². The van der Waals surface area contributed by atoms with Crippen molar-refractivity contribution < 1.29 is 4.79 Å². The highest BCUT2D eigenvalue weighted by Crippen LogP contribution is 2.14. The average Bonchev–Trinajstić information content (AvgIpc) is 2.58. The Morgan fingerprint density at radius 1 is 0.667 bits per heavy atom. The van der Waals surface area contributed by atoms with Gasteiger partial charge < -0.3 is 0 Å². The zero-order valence-corrected chi connectivity index (χ0v) is 17.3. The molecule has 142 valence electrons. The smallest absolute Gasteiger partial charge is 0.188 e. The van der Waals surface area contributed by atoms with Crippen molar-refractivity contribution in [3.8, 4) is 0 Å². The Morgan fingerprint density at radius 2 is 1.17 bits per heavy atom. The summed E-state index contributed by atoms with van der Waals surface area (Å²) in [7, 11) is 0. The van der Waals surface area contributed by atoms with Crippen LogP contribution in [-0.4, -0.2) is 10.9 Å². The molecule has 24 heavy (non-hydrogen) atoms. The van der Waals surface area contributed by atoms with E-state index >= 15 is 0 Å². The van der Waals surface area contributed by atoms with Crippen molar-refractivity contribution in [2.75, 3.05) is 5.75 Å². The van der Waals surface area contributed by atoms with E-state index in [0.717, 1.165) is 18.6 Å². The molecule has 0 aliphatic rings. The SMILES string of the molecule is CCCCCCCCC=CCCCCCCCC(=O)SCCCC. The molecular formula is C22H42OS. The normalized spacial score (nSPS) is 11.4. The molecule has 0 atom stereocenters. The highest BCUT2D eigenvalue weighted by atomic mass is 32.2. The van der Waals surface area contributed by atoms with E-state index in [9.17, 15) is 4.79 Å². The van der Waals surface area contributed by atoms with Gasteiger partial charge in [0.1, 0.15) is 0 Å². The number of carbonyl (C=O) groups excluding carboxylic acids is 1. The van der Waals surface area contributed by atoms with E-state index in [1.165, 1.54) is 102 Å². The van der Waals surface area contributed by atoms with Crippen LogP contribution in [-0.2, 0) is 4.79 Å². The minimum absolute atomic E-state index is 0.404. The largest absolute Gasteiger partial charge is 0.287 e. The first kappa shape index (κ1) is 23.8. The van der Waals surface area contributed by atoms with Gasteiger partial charge in [-0.25, -0.2) is 0 Å². The number of thioether (sulfide) groups is 1. The molecule has 0 fully saturated rings. The average molecular weight is 355 g/mol. The summed E-state index contributed by atoms with van der Waals surface area (Å²) in [6.07, 6.45) is 25.0. The Morgan fingerprint density at radius 3 is 1.75 bits per heavy atom. The summed E-state index contributed by atoms with van der Waals surface area (Å²) in [5, 5.41) is 0.404. The molecule has 0 spiro atoms. The van der Waals surface area contributed by atoms with Crippen LogP contribution in [0.25, 0.3) is 0 Å². The van der Waals surface area contributed by atoms with Crippen molar-refractivity contribution in [2.45, 2.75) is 117 Å². The Kier molecular flexibility index (Phi) is 20.6. The molecule has 0 saturated carbocycles. The van der Waals surface area contributed by atoms with Crippen molar-refractivity contribution >= 4 is 16.9 Å². The first-order valence-electron chi connectivity index (χ1n) is 10.6. The van der Waals surface area contributed by atoms with Gasteiger partial charge in [0.05, 0.1) is 0 Å². The lowest BCUT2D eigenvalue weighted by Crippen LogP contribution is -1.93. The highest BCUT2D eigenvalue weighted by molar-refractivity contribution is 8.13. The van der Waals surface area contributed by atoms with Gasteiger partial charge in [-0.3, -0.25) is 4.79 Å². The molecule has 0 aliphatic carbocycles. The lowest BCUT2D eigenvalue weighted by Gasteiger charge is -2.01. The summed E-state index contributed by atoms with van der Waals surface area (Å²) in [6, 6.07) is 0. The van der Waals surface area contributed by atoms with E-state index in [-0.39, 0.29) is 0 Å². The van der Waals surface area contributed by atoms with E-state index in [0.29, 0.717) is 5.12 Å². The number of carbonyl (C=O) groups is 1. The number of hydrogen-bond donors (Lipinski definition) is 0. The molecule has 0 aromatic carbocycles. The highest BCUT2D eigenvalue weighted by Gasteiger charge is 2.01. The maximum Gasteiger partial charge on any atom is 0.188 e. The number of rotatable bonds is 18. The van der Waals surface area contributed by atoms with Crippen molar-refractivity contribution in [1.82, 2.24) is 0 Å². The van der Waals surface area contributed by atoms with Crippen LogP contribution in [0.5, 0.6) is 0 Å². The molecule has 0 saturated heterocycles. The molecule has 0 radical (unpaired) electrons. The Bertz CT molecular complexity index is 286. The molecule has 1 nitrogen and oxygen atoms in total. The van der Waals surface area contributed by atoms with E-state index in [1.54, 1.807) is 0 Å². The molecular weight excluding hydrogens is 312 g/mol. The van der Waals surface area contributed by atoms with Crippen LogP contribution in [0.15, 0.2) is 12.2 Å². The lowest BCUT2D eigenvalue weighted by molar-refractivity contribution is -0.111. The first-order valence-corrected chi connectivity index (χ1v) is 11.6. The molecule has 0 aromatic heterocycles. The molecule has 0 unspecified atom stereocenters. The van der Waals surface area contributed by atoms with Gasteiger partial charge in [0.25, 0.3) is 0 Å². The van der Waals surface area contributed by atoms with Crippen LogP contribution in [0.1, 0.15) is 117 Å². The zero-order valence-electron chi connectivity index (χ0n) is 16.5. The molecule has 0 aromatic rings. The van der Waals surface area contributed by atoms with Crippen LogP contribution in [0.3, 0.4) is 0 Å². The van der Waals surface area contributed by atoms with Gasteiger partial charge in [-0.05, 0) is 38.5 Å². The van der Waals surface area contributed by atoms with Crippen molar-refractivity contribution in [3.63, 3.8) is 0 Å². The quantitative estimate of drug-likeness (QED) is 0.183. The van der Waals surface area contributed by atoms with Crippen LogP contribution in [0.2, 0.25) is 0 Å². The van der Waals surface area contributed by atoms with Gasteiger partial charge in [0.2, 0.25) is 0 Å². The van der Waals surface area contributed by atoms with Gasteiger partial charge >= 0.3 is 0 Å². The topological polar surface area (TPSA) is 17.1 Å². The minimum Gasteiger partial charge on any atom is -0.287 e. The second kappa shape index (κ2) is 20.8. The maximum atomic E-state index is 11.6. The fraction of sp³-hybridized carbons (Fsp3) is 0.864. The van der Waals surface area contributed by atoms with Gasteiger partial charge in [0, 0.05) is 12.2 Å². The van der Waals surface area contributed by atoms with Crippen LogP contribution in [0, 0.1) is 0 Å². The van der Waals surface area contributed by atoms with E-state index in [4.69, 9.17) is 0 Å². The second-order valence-corrected chi connectivity index (χ2v) is 8.06. The van der Waals surface area contributed by atoms with Crippen molar-refractivity contribution in [1.29, 1.82) is 0 Å². The lowest BCUT2D eigenvalue weighted by atomic mass is 10.1. The van der Waals surface area contributed by atoms with E-state index in [2.05, 4.69) is 26.0 Å². The number of hydrogen-bond acceptors (Lipinski definition) is 2. The predicted molar refractivity (Wildman–Crippen MR) is 112 cm³/mol. The molecule has 2 heteroatoms.